The van der Waals surface area contributed by atoms with Gasteiger partial charge < -0.3 is 5.32 Å². The maximum atomic E-state index is 15.3. The smallest absolute Gasteiger partial charge is 0.240 e. The van der Waals surface area contributed by atoms with Crippen LogP contribution in [0.2, 0.25) is 5.02 Å². The molecule has 3 aromatic carbocycles. The molecule has 0 spiro atoms. The van der Waals surface area contributed by atoms with Gasteiger partial charge in [-0.3, -0.25) is 14.5 Å². The highest BCUT2D eigenvalue weighted by molar-refractivity contribution is 8.00. The van der Waals surface area contributed by atoms with Crippen molar-refractivity contribution in [2.24, 2.45) is 0 Å². The number of carbonyl (C=O) groups is 2. The lowest BCUT2D eigenvalue weighted by Crippen LogP contribution is -2.44. The fourth-order valence-electron chi connectivity index (χ4n) is 4.62. The lowest BCUT2D eigenvalue weighted by molar-refractivity contribution is -0.123. The SMILES string of the molecule is CC[C@H](C)NC(=O)CN1C(=O)CS[C@H](c2ccccc2F)c2c(-c3ccccc3)nn(-c3ccccc3Cl)c21. The molecule has 0 aliphatic carbocycles. The quantitative estimate of drug-likeness (QED) is 0.282. The van der Waals surface area contributed by atoms with E-state index >= 15 is 4.39 Å². The Kier molecular flexibility index (Phi) is 8.04. The van der Waals surface area contributed by atoms with Gasteiger partial charge in [-0.2, -0.15) is 5.10 Å². The minimum absolute atomic E-state index is 0.0482. The highest BCUT2D eigenvalue weighted by Gasteiger charge is 2.38. The molecule has 4 aromatic rings. The van der Waals surface area contributed by atoms with Crippen LogP contribution >= 0.6 is 23.4 Å². The summed E-state index contributed by atoms with van der Waals surface area (Å²) in [5.41, 5.74) is 3.04. The Bertz CT molecular complexity index is 1510. The van der Waals surface area contributed by atoms with E-state index in [1.807, 2.05) is 62.4 Å². The summed E-state index contributed by atoms with van der Waals surface area (Å²) in [6, 6.07) is 23.3. The molecule has 0 radical (unpaired) electrons. The third-order valence-corrected chi connectivity index (χ3v) is 8.28. The number of hydrogen-bond acceptors (Lipinski definition) is 4. The van der Waals surface area contributed by atoms with Gasteiger partial charge in [-0.1, -0.05) is 79.2 Å². The number of nitrogens with zero attached hydrogens (tertiary/aromatic N) is 3. The van der Waals surface area contributed by atoms with Gasteiger partial charge in [-0.05, 0) is 31.5 Å². The topological polar surface area (TPSA) is 67.2 Å². The lowest BCUT2D eigenvalue weighted by Gasteiger charge is -2.24. The van der Waals surface area contributed by atoms with Gasteiger partial charge in [0.2, 0.25) is 11.8 Å². The van der Waals surface area contributed by atoms with Crippen molar-refractivity contribution in [3.05, 3.63) is 101 Å². The van der Waals surface area contributed by atoms with E-state index in [2.05, 4.69) is 5.32 Å². The first-order valence-corrected chi connectivity index (χ1v) is 14.2. The largest absolute Gasteiger partial charge is 0.352 e. The van der Waals surface area contributed by atoms with E-state index in [-0.39, 0.29) is 36.0 Å². The average molecular weight is 563 g/mol. The molecule has 0 unspecified atom stereocenters. The van der Waals surface area contributed by atoms with Crippen molar-refractivity contribution in [2.45, 2.75) is 31.6 Å². The number of carbonyl (C=O) groups excluding carboxylic acids is 2. The minimum Gasteiger partial charge on any atom is -0.352 e. The average Bonchev–Trinajstić information content (AvgIpc) is 3.26. The van der Waals surface area contributed by atoms with Crippen LogP contribution in [0.3, 0.4) is 0 Å². The van der Waals surface area contributed by atoms with Crippen LogP contribution in [-0.4, -0.2) is 39.9 Å². The lowest BCUT2D eigenvalue weighted by atomic mass is 9.99. The highest BCUT2D eigenvalue weighted by Crippen LogP contribution is 2.49. The Labute approximate surface area is 236 Å². The molecule has 2 amide bonds. The van der Waals surface area contributed by atoms with E-state index in [1.54, 1.807) is 28.9 Å². The Morgan fingerprint density at radius 1 is 1.10 bits per heavy atom. The van der Waals surface area contributed by atoms with Crippen molar-refractivity contribution in [3.63, 3.8) is 0 Å². The zero-order chi connectivity index (χ0) is 27.5. The van der Waals surface area contributed by atoms with Gasteiger partial charge in [-0.25, -0.2) is 9.07 Å². The van der Waals surface area contributed by atoms with E-state index in [1.165, 1.54) is 22.7 Å². The summed E-state index contributed by atoms with van der Waals surface area (Å²) < 4.78 is 16.9. The fourth-order valence-corrected chi connectivity index (χ4v) is 6.05. The summed E-state index contributed by atoms with van der Waals surface area (Å²) in [5, 5.41) is 7.81. The van der Waals surface area contributed by atoms with Crippen LogP contribution in [0.25, 0.3) is 16.9 Å². The number of hydrogen-bond donors (Lipinski definition) is 1. The molecule has 39 heavy (non-hydrogen) atoms. The molecule has 2 atom stereocenters. The zero-order valence-electron chi connectivity index (χ0n) is 21.6. The Morgan fingerprint density at radius 2 is 1.79 bits per heavy atom. The van der Waals surface area contributed by atoms with Crippen LogP contribution in [0.5, 0.6) is 0 Å². The third-order valence-electron chi connectivity index (χ3n) is 6.73. The van der Waals surface area contributed by atoms with Crippen molar-refractivity contribution in [2.75, 3.05) is 17.2 Å². The summed E-state index contributed by atoms with van der Waals surface area (Å²) >= 11 is 7.97. The maximum absolute atomic E-state index is 15.3. The summed E-state index contributed by atoms with van der Waals surface area (Å²) in [4.78, 5) is 28.3. The summed E-state index contributed by atoms with van der Waals surface area (Å²) in [5.74, 6) is -0.468. The Hall–Kier alpha value is -3.62. The monoisotopic (exact) mass is 562 g/mol. The van der Waals surface area contributed by atoms with Gasteiger partial charge in [0.1, 0.15) is 18.2 Å². The number of fused-ring (bicyclic) bond motifs is 1. The minimum atomic E-state index is -0.556. The first-order chi connectivity index (χ1) is 18.9. The van der Waals surface area contributed by atoms with Crippen LogP contribution in [-0.2, 0) is 9.59 Å². The first-order valence-electron chi connectivity index (χ1n) is 12.8. The third kappa shape index (κ3) is 5.44. The van der Waals surface area contributed by atoms with Crippen LogP contribution in [0.4, 0.5) is 10.2 Å². The number of halogens is 2. The van der Waals surface area contributed by atoms with Gasteiger partial charge >= 0.3 is 0 Å². The fraction of sp³-hybridized carbons (Fsp3) is 0.233. The first kappa shape index (κ1) is 27.0. The second-order valence-electron chi connectivity index (χ2n) is 9.38. The van der Waals surface area contributed by atoms with Crippen molar-refractivity contribution < 1.29 is 14.0 Å². The van der Waals surface area contributed by atoms with Gasteiger partial charge in [0, 0.05) is 22.7 Å². The number of anilines is 1. The summed E-state index contributed by atoms with van der Waals surface area (Å²) in [6.07, 6.45) is 0.756. The summed E-state index contributed by atoms with van der Waals surface area (Å²) in [6.45, 7) is 3.69. The van der Waals surface area contributed by atoms with Crippen molar-refractivity contribution in [1.29, 1.82) is 0 Å². The molecule has 0 fully saturated rings. The predicted molar refractivity (Wildman–Crippen MR) is 155 cm³/mol. The van der Waals surface area contributed by atoms with E-state index in [0.29, 0.717) is 33.3 Å². The molecular formula is C30H28ClFN4O2S. The number of para-hydroxylation sites is 1. The number of rotatable bonds is 7. The molecule has 1 aromatic heterocycles. The molecule has 5 rings (SSSR count). The molecule has 1 aliphatic rings. The van der Waals surface area contributed by atoms with Crippen molar-refractivity contribution in [1.82, 2.24) is 15.1 Å². The molecule has 0 saturated heterocycles. The van der Waals surface area contributed by atoms with Gasteiger partial charge in [-0.15, -0.1) is 11.8 Å². The molecule has 6 nitrogen and oxygen atoms in total. The molecule has 1 aliphatic heterocycles. The van der Waals surface area contributed by atoms with Crippen LogP contribution in [0.15, 0.2) is 78.9 Å². The molecule has 1 N–H and O–H groups in total. The predicted octanol–water partition coefficient (Wildman–Crippen LogP) is 6.42. The van der Waals surface area contributed by atoms with Crippen LogP contribution in [0.1, 0.15) is 36.6 Å². The van der Waals surface area contributed by atoms with E-state index in [9.17, 15) is 9.59 Å². The molecule has 200 valence electrons. The zero-order valence-corrected chi connectivity index (χ0v) is 23.2. The standard InChI is InChI=1S/C30H28ClFN4O2S/c1-3-19(2)33-25(37)17-35-26(38)18-39-29(21-13-7-9-15-23(21)32)27-28(20-11-5-4-6-12-20)34-36(30(27)35)24-16-10-8-14-22(24)31/h4-16,19,29H,3,17-18H2,1-2H3,(H,33,37)/t19-,29+/m0/s1. The number of aromatic nitrogens is 2. The Balaban J connectivity index is 1.80. The molecule has 2 heterocycles. The van der Waals surface area contributed by atoms with Crippen molar-refractivity contribution >= 4 is 41.0 Å². The van der Waals surface area contributed by atoms with Gasteiger partial charge in [0.25, 0.3) is 0 Å². The van der Waals surface area contributed by atoms with Gasteiger partial charge in [0.15, 0.2) is 0 Å². The summed E-state index contributed by atoms with van der Waals surface area (Å²) in [7, 11) is 0. The van der Waals surface area contributed by atoms with Crippen molar-refractivity contribution in [3.8, 4) is 16.9 Å². The number of benzene rings is 3. The second kappa shape index (κ2) is 11.6. The second-order valence-corrected chi connectivity index (χ2v) is 10.9. The van der Waals surface area contributed by atoms with E-state index < -0.39 is 5.25 Å². The number of amides is 2. The molecule has 0 bridgehead atoms. The maximum Gasteiger partial charge on any atom is 0.240 e. The van der Waals surface area contributed by atoms with E-state index in [0.717, 1.165) is 12.0 Å². The van der Waals surface area contributed by atoms with E-state index in [4.69, 9.17) is 16.7 Å². The molecule has 0 saturated carbocycles. The Morgan fingerprint density at radius 3 is 2.51 bits per heavy atom. The molecule has 9 heteroatoms. The van der Waals surface area contributed by atoms with Crippen LogP contribution < -0.4 is 10.2 Å². The van der Waals surface area contributed by atoms with Crippen LogP contribution in [0, 0.1) is 5.82 Å². The normalized spacial score (nSPS) is 15.9. The number of nitrogens with one attached hydrogen (secondary N) is 1. The molecular weight excluding hydrogens is 535 g/mol. The highest BCUT2D eigenvalue weighted by atomic mass is 35.5. The number of thioether (sulfide) groups is 1. The van der Waals surface area contributed by atoms with Gasteiger partial charge in [0.05, 0.1) is 27.4 Å².